The van der Waals surface area contributed by atoms with Gasteiger partial charge in [-0.1, -0.05) is 0 Å². The Balaban J connectivity index is 3.05. The fraction of sp³-hybridized carbons (Fsp3) is 0.222. The molecule has 0 aromatic heterocycles. The van der Waals surface area contributed by atoms with Crippen LogP contribution in [0.4, 0.5) is 10.1 Å². The fourth-order valence-corrected chi connectivity index (χ4v) is 0.982. The standard InChI is InChI=1S/C9H9FN2O4/c1-5(9(11)13)16-8-4-6(10)2-3-7(8)12(14)15/h2-5H,1H3,(H2,11,13). The molecule has 0 spiro atoms. The molecular weight excluding hydrogens is 219 g/mol. The minimum atomic E-state index is -1.07. The number of nitro groups is 1. The third-order valence-electron chi connectivity index (χ3n) is 1.82. The molecule has 0 fully saturated rings. The molecule has 0 radical (unpaired) electrons. The fourth-order valence-electron chi connectivity index (χ4n) is 0.982. The van der Waals surface area contributed by atoms with Crippen molar-refractivity contribution in [3.8, 4) is 5.75 Å². The third kappa shape index (κ3) is 2.66. The van der Waals surface area contributed by atoms with Crippen molar-refractivity contribution in [3.63, 3.8) is 0 Å². The van der Waals surface area contributed by atoms with E-state index >= 15 is 0 Å². The molecule has 0 aliphatic heterocycles. The summed E-state index contributed by atoms with van der Waals surface area (Å²) in [6.07, 6.45) is -1.07. The summed E-state index contributed by atoms with van der Waals surface area (Å²) < 4.78 is 17.7. The first-order valence-corrected chi connectivity index (χ1v) is 4.31. The van der Waals surface area contributed by atoms with Crippen molar-refractivity contribution in [2.24, 2.45) is 5.73 Å². The van der Waals surface area contributed by atoms with Crippen molar-refractivity contribution >= 4 is 11.6 Å². The molecule has 1 aromatic carbocycles. The number of carbonyl (C=O) groups is 1. The van der Waals surface area contributed by atoms with E-state index in [1.54, 1.807) is 0 Å². The Morgan fingerprint density at radius 3 is 2.75 bits per heavy atom. The number of amides is 1. The Hall–Kier alpha value is -2.18. The van der Waals surface area contributed by atoms with Gasteiger partial charge in [-0.3, -0.25) is 14.9 Å². The van der Waals surface area contributed by atoms with E-state index in [-0.39, 0.29) is 5.75 Å². The van der Waals surface area contributed by atoms with Crippen LogP contribution in [0.1, 0.15) is 6.92 Å². The maximum Gasteiger partial charge on any atom is 0.311 e. The van der Waals surface area contributed by atoms with Crippen LogP contribution in [-0.2, 0) is 4.79 Å². The molecule has 0 aliphatic rings. The summed E-state index contributed by atoms with van der Waals surface area (Å²) in [5.74, 6) is -1.81. The van der Waals surface area contributed by atoms with Crippen molar-refractivity contribution in [2.75, 3.05) is 0 Å². The number of benzene rings is 1. The highest BCUT2D eigenvalue weighted by Crippen LogP contribution is 2.28. The lowest BCUT2D eigenvalue weighted by atomic mass is 10.3. The predicted molar refractivity (Wildman–Crippen MR) is 52.3 cm³/mol. The second-order valence-electron chi connectivity index (χ2n) is 3.03. The maximum absolute atomic E-state index is 12.8. The van der Waals surface area contributed by atoms with E-state index in [4.69, 9.17) is 10.5 Å². The number of hydrogen-bond acceptors (Lipinski definition) is 4. The van der Waals surface area contributed by atoms with E-state index in [2.05, 4.69) is 0 Å². The Kier molecular flexibility index (Phi) is 3.39. The molecule has 16 heavy (non-hydrogen) atoms. The van der Waals surface area contributed by atoms with Crippen molar-refractivity contribution in [1.29, 1.82) is 0 Å². The van der Waals surface area contributed by atoms with Crippen LogP contribution in [0.2, 0.25) is 0 Å². The Morgan fingerprint density at radius 2 is 2.25 bits per heavy atom. The van der Waals surface area contributed by atoms with Crippen LogP contribution in [0.5, 0.6) is 5.75 Å². The Bertz CT molecular complexity index is 436. The number of carbonyl (C=O) groups excluding carboxylic acids is 1. The zero-order chi connectivity index (χ0) is 12.3. The summed E-state index contributed by atoms with van der Waals surface area (Å²) in [6, 6.07) is 2.72. The normalized spacial score (nSPS) is 11.9. The first kappa shape index (κ1) is 11.9. The smallest absolute Gasteiger partial charge is 0.311 e. The largest absolute Gasteiger partial charge is 0.474 e. The summed E-state index contributed by atoms with van der Waals surface area (Å²) in [6.45, 7) is 1.32. The van der Waals surface area contributed by atoms with Crippen LogP contribution in [0.25, 0.3) is 0 Å². The maximum atomic E-state index is 12.8. The molecule has 2 N–H and O–H groups in total. The van der Waals surface area contributed by atoms with Crippen molar-refractivity contribution in [2.45, 2.75) is 13.0 Å². The molecule has 0 saturated heterocycles. The van der Waals surface area contributed by atoms with E-state index in [1.165, 1.54) is 6.92 Å². The van der Waals surface area contributed by atoms with Gasteiger partial charge in [-0.05, 0) is 13.0 Å². The monoisotopic (exact) mass is 228 g/mol. The SMILES string of the molecule is CC(Oc1cc(F)ccc1[N+](=O)[O-])C(N)=O. The molecule has 0 saturated carbocycles. The van der Waals surface area contributed by atoms with E-state index in [9.17, 15) is 19.3 Å². The molecule has 7 heteroatoms. The zero-order valence-corrected chi connectivity index (χ0v) is 8.34. The predicted octanol–water partition coefficient (Wildman–Crippen LogP) is 0.987. The second kappa shape index (κ2) is 4.56. The van der Waals surface area contributed by atoms with E-state index in [1.807, 2.05) is 0 Å². The molecule has 1 amide bonds. The van der Waals surface area contributed by atoms with Crippen LogP contribution in [0.3, 0.4) is 0 Å². The van der Waals surface area contributed by atoms with E-state index in [0.29, 0.717) is 0 Å². The Morgan fingerprint density at radius 1 is 1.62 bits per heavy atom. The van der Waals surface area contributed by atoms with Crippen LogP contribution in [-0.4, -0.2) is 16.9 Å². The molecule has 1 rings (SSSR count). The zero-order valence-electron chi connectivity index (χ0n) is 8.34. The number of primary amides is 1. The number of nitrogens with two attached hydrogens (primary N) is 1. The number of nitro benzene ring substituents is 1. The summed E-state index contributed by atoms with van der Waals surface area (Å²) >= 11 is 0. The topological polar surface area (TPSA) is 95.5 Å². The van der Waals surface area contributed by atoms with E-state index < -0.39 is 28.4 Å². The quantitative estimate of drug-likeness (QED) is 0.613. The van der Waals surface area contributed by atoms with Gasteiger partial charge in [0.05, 0.1) is 4.92 Å². The second-order valence-corrected chi connectivity index (χ2v) is 3.03. The average Bonchev–Trinajstić information content (AvgIpc) is 2.16. The van der Waals surface area contributed by atoms with Crippen LogP contribution in [0.15, 0.2) is 18.2 Å². The molecule has 0 heterocycles. The van der Waals surface area contributed by atoms with Crippen molar-refractivity contribution in [3.05, 3.63) is 34.1 Å². The first-order valence-electron chi connectivity index (χ1n) is 4.31. The summed E-state index contributed by atoms with van der Waals surface area (Å²) in [5, 5.41) is 10.6. The third-order valence-corrected chi connectivity index (χ3v) is 1.82. The van der Waals surface area contributed by atoms with Crippen LogP contribution >= 0.6 is 0 Å². The van der Waals surface area contributed by atoms with Gasteiger partial charge in [-0.2, -0.15) is 0 Å². The summed E-state index contributed by atoms with van der Waals surface area (Å²) in [5.41, 5.74) is 4.50. The highest BCUT2D eigenvalue weighted by atomic mass is 19.1. The summed E-state index contributed by atoms with van der Waals surface area (Å²) in [7, 11) is 0. The highest BCUT2D eigenvalue weighted by Gasteiger charge is 2.20. The highest BCUT2D eigenvalue weighted by molar-refractivity contribution is 5.78. The van der Waals surface area contributed by atoms with Gasteiger partial charge in [0.15, 0.2) is 6.10 Å². The molecule has 86 valence electrons. The number of rotatable bonds is 4. The Labute approximate surface area is 90.0 Å². The molecule has 0 bridgehead atoms. The van der Waals surface area contributed by atoms with Gasteiger partial charge in [0.1, 0.15) is 5.82 Å². The van der Waals surface area contributed by atoms with Gasteiger partial charge in [0.2, 0.25) is 5.75 Å². The summed E-state index contributed by atoms with van der Waals surface area (Å²) in [4.78, 5) is 20.5. The van der Waals surface area contributed by atoms with Crippen molar-refractivity contribution < 1.29 is 18.8 Å². The van der Waals surface area contributed by atoms with E-state index in [0.717, 1.165) is 18.2 Å². The molecule has 6 nitrogen and oxygen atoms in total. The molecule has 1 atom stereocenters. The van der Waals surface area contributed by atoms with Gasteiger partial charge in [0.25, 0.3) is 5.91 Å². The minimum absolute atomic E-state index is 0.323. The lowest BCUT2D eigenvalue weighted by Crippen LogP contribution is -2.30. The molecule has 1 aromatic rings. The molecule has 0 aliphatic carbocycles. The average molecular weight is 228 g/mol. The minimum Gasteiger partial charge on any atom is -0.474 e. The first-order chi connectivity index (χ1) is 7.41. The number of ether oxygens (including phenoxy) is 1. The number of nitrogens with zero attached hydrogens (tertiary/aromatic N) is 1. The number of halogens is 1. The lowest BCUT2D eigenvalue weighted by Gasteiger charge is -2.10. The molecule has 1 unspecified atom stereocenters. The van der Waals surface area contributed by atoms with Gasteiger partial charge in [0, 0.05) is 12.1 Å². The lowest BCUT2D eigenvalue weighted by molar-refractivity contribution is -0.386. The molecular formula is C9H9FN2O4. The van der Waals surface area contributed by atoms with Crippen LogP contribution in [0, 0.1) is 15.9 Å². The van der Waals surface area contributed by atoms with Crippen molar-refractivity contribution in [1.82, 2.24) is 0 Å². The van der Waals surface area contributed by atoms with Gasteiger partial charge in [-0.25, -0.2) is 4.39 Å². The van der Waals surface area contributed by atoms with Gasteiger partial charge >= 0.3 is 5.69 Å². The van der Waals surface area contributed by atoms with Gasteiger partial charge < -0.3 is 10.5 Å². The van der Waals surface area contributed by atoms with Crippen LogP contribution < -0.4 is 10.5 Å². The van der Waals surface area contributed by atoms with Gasteiger partial charge in [-0.15, -0.1) is 0 Å². The number of hydrogen-bond donors (Lipinski definition) is 1.